The Morgan fingerprint density at radius 3 is 2.62 bits per heavy atom. The number of aliphatic hydroxyl groups excluding tert-OH is 1. The van der Waals surface area contributed by atoms with Gasteiger partial charge < -0.3 is 5.11 Å². The summed E-state index contributed by atoms with van der Waals surface area (Å²) >= 11 is 0. The maximum Gasteiger partial charge on any atom is 0.128 e. The minimum Gasteiger partial charge on any atom is -0.395 e. The molecule has 0 fully saturated rings. The molecule has 0 saturated carbocycles. The van der Waals surface area contributed by atoms with Gasteiger partial charge in [-0.25, -0.2) is 8.78 Å². The van der Waals surface area contributed by atoms with Crippen LogP contribution in [0.15, 0.2) is 18.2 Å². The van der Waals surface area contributed by atoms with Crippen molar-refractivity contribution >= 4 is 0 Å². The molecule has 0 aromatic heterocycles. The first kappa shape index (κ1) is 13.1. The number of rotatable bonds is 5. The van der Waals surface area contributed by atoms with Crippen molar-refractivity contribution in [3.8, 4) is 0 Å². The molecule has 0 heterocycles. The third-order valence-electron chi connectivity index (χ3n) is 2.75. The lowest BCUT2D eigenvalue weighted by Crippen LogP contribution is -2.30. The number of likely N-dealkylation sites (N-methyl/N-ethyl adjacent to an activating group) is 1. The van der Waals surface area contributed by atoms with Crippen LogP contribution in [0.2, 0.25) is 0 Å². The van der Waals surface area contributed by atoms with Crippen molar-refractivity contribution in [3.63, 3.8) is 0 Å². The predicted octanol–water partition coefficient (Wildman–Crippen LogP) is 2.34. The Balaban J connectivity index is 2.93. The molecule has 0 bridgehead atoms. The summed E-state index contributed by atoms with van der Waals surface area (Å²) in [5, 5.41) is 8.88. The average molecular weight is 229 g/mol. The summed E-state index contributed by atoms with van der Waals surface area (Å²) in [4.78, 5) is 1.89. The molecule has 1 N–H and O–H groups in total. The van der Waals surface area contributed by atoms with Gasteiger partial charge in [0.2, 0.25) is 0 Å². The van der Waals surface area contributed by atoms with Gasteiger partial charge in [0.05, 0.1) is 6.61 Å². The molecule has 0 spiro atoms. The van der Waals surface area contributed by atoms with Crippen LogP contribution in [-0.4, -0.2) is 29.7 Å². The van der Waals surface area contributed by atoms with E-state index in [0.29, 0.717) is 18.7 Å². The van der Waals surface area contributed by atoms with Crippen molar-refractivity contribution in [3.05, 3.63) is 35.4 Å². The minimum absolute atomic E-state index is 0.00904. The van der Waals surface area contributed by atoms with Crippen molar-refractivity contribution in [2.75, 3.05) is 19.7 Å². The second kappa shape index (κ2) is 5.92. The summed E-state index contributed by atoms with van der Waals surface area (Å²) in [6.07, 6.45) is 0. The molecule has 16 heavy (non-hydrogen) atoms. The zero-order valence-corrected chi connectivity index (χ0v) is 9.58. The van der Waals surface area contributed by atoms with Crippen molar-refractivity contribution in [2.24, 2.45) is 0 Å². The number of halogens is 2. The molecule has 0 saturated heterocycles. The van der Waals surface area contributed by atoms with Crippen LogP contribution in [0.5, 0.6) is 0 Å². The highest BCUT2D eigenvalue weighted by molar-refractivity contribution is 5.21. The quantitative estimate of drug-likeness (QED) is 0.837. The number of benzene rings is 1. The van der Waals surface area contributed by atoms with Gasteiger partial charge in [0, 0.05) is 18.2 Å². The van der Waals surface area contributed by atoms with Crippen LogP contribution in [0.1, 0.15) is 25.5 Å². The molecule has 0 radical (unpaired) electrons. The molecule has 1 aromatic carbocycles. The molecule has 2 nitrogen and oxygen atoms in total. The molecule has 1 rings (SSSR count). The van der Waals surface area contributed by atoms with Crippen LogP contribution in [0.3, 0.4) is 0 Å². The van der Waals surface area contributed by atoms with Crippen LogP contribution >= 0.6 is 0 Å². The third kappa shape index (κ3) is 3.00. The molecule has 1 atom stereocenters. The normalized spacial score (nSPS) is 13.1. The van der Waals surface area contributed by atoms with Gasteiger partial charge in [0.1, 0.15) is 11.6 Å². The molecule has 1 aromatic rings. The van der Waals surface area contributed by atoms with Gasteiger partial charge in [0.15, 0.2) is 0 Å². The van der Waals surface area contributed by atoms with Gasteiger partial charge in [-0.3, -0.25) is 4.90 Å². The van der Waals surface area contributed by atoms with Crippen molar-refractivity contribution in [1.82, 2.24) is 4.90 Å². The summed E-state index contributed by atoms with van der Waals surface area (Å²) in [5.74, 6) is -0.853. The zero-order valence-electron chi connectivity index (χ0n) is 9.58. The van der Waals surface area contributed by atoms with Crippen LogP contribution < -0.4 is 0 Å². The third-order valence-corrected chi connectivity index (χ3v) is 2.75. The Labute approximate surface area is 94.5 Å². The van der Waals surface area contributed by atoms with E-state index in [1.54, 1.807) is 6.92 Å². The Bertz CT molecular complexity index is 344. The zero-order chi connectivity index (χ0) is 12.1. The van der Waals surface area contributed by atoms with Crippen LogP contribution in [-0.2, 0) is 0 Å². The highest BCUT2D eigenvalue weighted by atomic mass is 19.1. The van der Waals surface area contributed by atoms with Crippen molar-refractivity contribution in [1.29, 1.82) is 0 Å². The largest absolute Gasteiger partial charge is 0.395 e. The highest BCUT2D eigenvalue weighted by Gasteiger charge is 2.17. The van der Waals surface area contributed by atoms with Gasteiger partial charge in [-0.2, -0.15) is 0 Å². The highest BCUT2D eigenvalue weighted by Crippen LogP contribution is 2.23. The predicted molar refractivity (Wildman–Crippen MR) is 59.1 cm³/mol. The fourth-order valence-electron chi connectivity index (χ4n) is 1.79. The summed E-state index contributed by atoms with van der Waals surface area (Å²) in [6.45, 7) is 4.86. The van der Waals surface area contributed by atoms with Crippen LogP contribution in [0.25, 0.3) is 0 Å². The lowest BCUT2D eigenvalue weighted by atomic mass is 10.1. The van der Waals surface area contributed by atoms with E-state index >= 15 is 0 Å². The Kier molecular flexibility index (Phi) is 4.83. The smallest absolute Gasteiger partial charge is 0.128 e. The first-order valence-corrected chi connectivity index (χ1v) is 5.40. The van der Waals surface area contributed by atoms with E-state index in [2.05, 4.69) is 0 Å². The minimum atomic E-state index is -0.441. The second-order valence-electron chi connectivity index (χ2n) is 3.69. The fraction of sp³-hybridized carbons (Fsp3) is 0.500. The molecular weight excluding hydrogens is 212 g/mol. The molecule has 1 unspecified atom stereocenters. The van der Waals surface area contributed by atoms with Gasteiger partial charge in [-0.05, 0) is 31.7 Å². The molecule has 90 valence electrons. The maximum absolute atomic E-state index is 13.5. The first-order chi connectivity index (χ1) is 7.60. The van der Waals surface area contributed by atoms with E-state index in [9.17, 15) is 8.78 Å². The molecule has 0 amide bonds. The first-order valence-electron chi connectivity index (χ1n) is 5.40. The summed E-state index contributed by atoms with van der Waals surface area (Å²) < 4.78 is 26.5. The van der Waals surface area contributed by atoms with Crippen LogP contribution in [0.4, 0.5) is 8.78 Å². The average Bonchev–Trinajstić information content (AvgIpc) is 2.28. The van der Waals surface area contributed by atoms with E-state index in [4.69, 9.17) is 5.11 Å². The van der Waals surface area contributed by atoms with Gasteiger partial charge in [-0.15, -0.1) is 0 Å². The number of nitrogens with zero attached hydrogens (tertiary/aromatic N) is 1. The summed E-state index contributed by atoms with van der Waals surface area (Å²) in [7, 11) is 0. The fourth-order valence-corrected chi connectivity index (χ4v) is 1.79. The monoisotopic (exact) mass is 229 g/mol. The van der Waals surface area contributed by atoms with E-state index < -0.39 is 11.6 Å². The second-order valence-corrected chi connectivity index (χ2v) is 3.69. The van der Waals surface area contributed by atoms with Gasteiger partial charge in [0.25, 0.3) is 0 Å². The lowest BCUT2D eigenvalue weighted by Gasteiger charge is -2.27. The topological polar surface area (TPSA) is 23.5 Å². The summed E-state index contributed by atoms with van der Waals surface area (Å²) in [6, 6.07) is 3.20. The Hall–Kier alpha value is -1.00. The molecule has 0 aliphatic heterocycles. The van der Waals surface area contributed by atoms with Crippen molar-refractivity contribution in [2.45, 2.75) is 19.9 Å². The maximum atomic E-state index is 13.5. The van der Waals surface area contributed by atoms with Gasteiger partial charge >= 0.3 is 0 Å². The standard InChI is InChI=1S/C12H17F2NO/c1-3-15(6-7-16)9(2)11-8-10(13)4-5-12(11)14/h4-5,8-9,16H,3,6-7H2,1-2H3. The van der Waals surface area contributed by atoms with Crippen LogP contribution in [0, 0.1) is 11.6 Å². The SMILES string of the molecule is CCN(CCO)C(C)c1cc(F)ccc1F. The Morgan fingerprint density at radius 2 is 2.06 bits per heavy atom. The van der Waals surface area contributed by atoms with E-state index in [-0.39, 0.29) is 12.6 Å². The molecular formula is C12H17F2NO. The van der Waals surface area contributed by atoms with Crippen molar-refractivity contribution < 1.29 is 13.9 Å². The van der Waals surface area contributed by atoms with E-state index in [0.717, 1.165) is 12.1 Å². The molecule has 4 heteroatoms. The van der Waals surface area contributed by atoms with E-state index in [1.807, 2.05) is 11.8 Å². The number of aliphatic hydroxyl groups is 1. The van der Waals surface area contributed by atoms with E-state index in [1.165, 1.54) is 6.07 Å². The number of hydrogen-bond donors (Lipinski definition) is 1. The Morgan fingerprint density at radius 1 is 1.38 bits per heavy atom. The molecule has 0 aliphatic rings. The van der Waals surface area contributed by atoms with Gasteiger partial charge in [-0.1, -0.05) is 6.92 Å². The summed E-state index contributed by atoms with van der Waals surface area (Å²) in [5.41, 5.74) is 0.329. The lowest BCUT2D eigenvalue weighted by molar-refractivity contribution is 0.163. The molecule has 0 aliphatic carbocycles. The number of hydrogen-bond acceptors (Lipinski definition) is 2.